The standard InChI is InChI=1S/C11H10.W/c1-2-3-5-8-11-9-6-4-7-10-11;/h1-10H;/b3-2-,8-5?;. The average molecular weight is 326 g/mol. The predicted octanol–water partition coefficient (Wildman–Crippen LogP) is 2.61. The van der Waals surface area contributed by atoms with Gasteiger partial charge in [-0.15, -0.1) is 0 Å². The number of rotatable bonds is 3. The Morgan fingerprint density at radius 1 is 0.917 bits per heavy atom. The van der Waals surface area contributed by atoms with Crippen molar-refractivity contribution in [2.45, 2.75) is 0 Å². The Morgan fingerprint density at radius 2 is 1.67 bits per heavy atom. The topological polar surface area (TPSA) is 0 Å². The van der Waals surface area contributed by atoms with Crippen molar-refractivity contribution in [2.75, 3.05) is 0 Å². The molecule has 0 N–H and O–H groups in total. The zero-order valence-corrected chi connectivity index (χ0v) is 9.62. The fourth-order valence-electron chi connectivity index (χ4n) is 0.840. The molecule has 1 rings (SSSR count). The summed E-state index contributed by atoms with van der Waals surface area (Å²) in [4.78, 5) is 0. The Balaban J connectivity index is 2.58. The molecule has 0 aliphatic rings. The second-order valence-corrected chi connectivity index (χ2v) is 3.27. The number of allylic oxidation sites excluding steroid dienone is 3. The van der Waals surface area contributed by atoms with E-state index in [4.69, 9.17) is 0 Å². The molecule has 0 spiro atoms. The molecule has 0 unspecified atom stereocenters. The van der Waals surface area contributed by atoms with Gasteiger partial charge in [-0.1, -0.05) is 0 Å². The molecule has 1 aromatic carbocycles. The molecule has 1 aromatic rings. The normalized spacial score (nSPS) is 11.0. The minimum atomic E-state index is 1.24. The summed E-state index contributed by atoms with van der Waals surface area (Å²) in [5.41, 5.74) is 1.24. The molecular weight excluding hydrogens is 316 g/mol. The van der Waals surface area contributed by atoms with Gasteiger partial charge in [-0.3, -0.25) is 0 Å². The van der Waals surface area contributed by atoms with Crippen LogP contribution in [0.3, 0.4) is 0 Å². The molecular formula is C11H10W. The average Bonchev–Trinajstić information content (AvgIpc) is 2.14. The molecule has 0 saturated carbocycles. The van der Waals surface area contributed by atoms with Crippen LogP contribution in [0.15, 0.2) is 48.6 Å². The van der Waals surface area contributed by atoms with Crippen LogP contribution >= 0.6 is 0 Å². The zero-order valence-electron chi connectivity index (χ0n) is 6.68. The third-order valence-corrected chi connectivity index (χ3v) is 1.95. The van der Waals surface area contributed by atoms with Gasteiger partial charge in [-0.2, -0.15) is 0 Å². The second kappa shape index (κ2) is 5.85. The molecule has 12 heavy (non-hydrogen) atoms. The number of hydrogen-bond acceptors (Lipinski definition) is 0. The van der Waals surface area contributed by atoms with Gasteiger partial charge in [-0.05, 0) is 0 Å². The van der Waals surface area contributed by atoms with Crippen molar-refractivity contribution in [3.8, 4) is 0 Å². The van der Waals surface area contributed by atoms with Gasteiger partial charge in [0.15, 0.2) is 0 Å². The van der Waals surface area contributed by atoms with E-state index in [-0.39, 0.29) is 0 Å². The molecule has 0 fully saturated rings. The summed E-state index contributed by atoms with van der Waals surface area (Å²) < 4.78 is 2.09. The van der Waals surface area contributed by atoms with Crippen molar-refractivity contribution in [3.63, 3.8) is 0 Å². The van der Waals surface area contributed by atoms with Crippen LogP contribution in [-0.2, 0) is 19.4 Å². The van der Waals surface area contributed by atoms with E-state index in [1.165, 1.54) is 24.9 Å². The van der Waals surface area contributed by atoms with Gasteiger partial charge < -0.3 is 0 Å². The maximum atomic E-state index is 2.09. The van der Waals surface area contributed by atoms with Gasteiger partial charge in [0.2, 0.25) is 0 Å². The van der Waals surface area contributed by atoms with Gasteiger partial charge in [0.25, 0.3) is 0 Å². The summed E-state index contributed by atoms with van der Waals surface area (Å²) >= 11 is 1.48. The zero-order chi connectivity index (χ0) is 8.65. The molecule has 0 aliphatic heterocycles. The first-order chi connectivity index (χ1) is 5.93. The van der Waals surface area contributed by atoms with Crippen molar-refractivity contribution in [2.24, 2.45) is 0 Å². The number of hydrogen-bond donors (Lipinski definition) is 0. The van der Waals surface area contributed by atoms with Gasteiger partial charge in [-0.25, -0.2) is 0 Å². The molecule has 0 nitrogen and oxygen atoms in total. The SMILES string of the molecule is [W]=[CH]/C=C\C=Cc1ccccc1. The fraction of sp³-hybridized carbons (Fsp3) is 0. The van der Waals surface area contributed by atoms with E-state index in [1.54, 1.807) is 0 Å². The summed E-state index contributed by atoms with van der Waals surface area (Å²) in [7, 11) is 0. The van der Waals surface area contributed by atoms with Crippen LogP contribution in [0.1, 0.15) is 5.56 Å². The molecule has 0 amide bonds. The summed E-state index contributed by atoms with van der Waals surface area (Å²) in [5, 5.41) is 0. The van der Waals surface area contributed by atoms with Crippen molar-refractivity contribution in [1.29, 1.82) is 0 Å². The van der Waals surface area contributed by atoms with E-state index in [9.17, 15) is 0 Å². The van der Waals surface area contributed by atoms with E-state index in [0.717, 1.165) is 0 Å². The quantitative estimate of drug-likeness (QED) is 0.749. The van der Waals surface area contributed by atoms with Gasteiger partial charge >= 0.3 is 84.0 Å². The van der Waals surface area contributed by atoms with Crippen molar-refractivity contribution >= 4 is 10.5 Å². The molecule has 0 aliphatic carbocycles. The first-order valence-electron chi connectivity index (χ1n) is 3.77. The Kier molecular flexibility index (Phi) is 4.56. The van der Waals surface area contributed by atoms with E-state index >= 15 is 0 Å². The van der Waals surface area contributed by atoms with E-state index in [2.05, 4.69) is 34.8 Å². The molecule has 0 atom stereocenters. The Bertz CT molecular complexity index is 283. The van der Waals surface area contributed by atoms with Crippen LogP contribution in [0.2, 0.25) is 0 Å². The maximum absolute atomic E-state index is 2.09. The van der Waals surface area contributed by atoms with E-state index in [1.807, 2.05) is 24.3 Å². The third-order valence-electron chi connectivity index (χ3n) is 1.39. The summed E-state index contributed by atoms with van der Waals surface area (Å²) in [6, 6.07) is 10.3. The van der Waals surface area contributed by atoms with E-state index < -0.39 is 0 Å². The minimum absolute atomic E-state index is 1.24. The molecule has 1 heteroatoms. The van der Waals surface area contributed by atoms with Crippen LogP contribution < -0.4 is 0 Å². The Morgan fingerprint density at radius 3 is 2.33 bits per heavy atom. The summed E-state index contributed by atoms with van der Waals surface area (Å²) in [6.45, 7) is 0. The predicted molar refractivity (Wildman–Crippen MR) is 50.7 cm³/mol. The van der Waals surface area contributed by atoms with Crippen LogP contribution in [0.25, 0.3) is 6.08 Å². The Labute approximate surface area is 84.0 Å². The van der Waals surface area contributed by atoms with Crippen LogP contribution in [-0.4, -0.2) is 4.40 Å². The first-order valence-corrected chi connectivity index (χ1v) is 5.46. The van der Waals surface area contributed by atoms with Crippen molar-refractivity contribution in [1.82, 2.24) is 0 Å². The van der Waals surface area contributed by atoms with Crippen molar-refractivity contribution in [3.05, 3.63) is 54.1 Å². The molecule has 0 saturated heterocycles. The molecule has 60 valence electrons. The third kappa shape index (κ3) is 3.59. The Hall–Kier alpha value is -0.742. The van der Waals surface area contributed by atoms with Crippen LogP contribution in [0, 0.1) is 0 Å². The van der Waals surface area contributed by atoms with E-state index in [0.29, 0.717) is 0 Å². The van der Waals surface area contributed by atoms with Crippen molar-refractivity contribution < 1.29 is 19.4 Å². The van der Waals surface area contributed by atoms with Gasteiger partial charge in [0.05, 0.1) is 0 Å². The van der Waals surface area contributed by atoms with Gasteiger partial charge in [0, 0.05) is 0 Å². The van der Waals surface area contributed by atoms with Gasteiger partial charge in [0.1, 0.15) is 0 Å². The fourth-order valence-corrected chi connectivity index (χ4v) is 1.17. The monoisotopic (exact) mass is 326 g/mol. The molecule has 0 radical (unpaired) electrons. The van der Waals surface area contributed by atoms with Crippen LogP contribution in [0.5, 0.6) is 0 Å². The molecule has 0 bridgehead atoms. The second-order valence-electron chi connectivity index (χ2n) is 2.29. The molecule has 0 heterocycles. The summed E-state index contributed by atoms with van der Waals surface area (Å²) in [5.74, 6) is 0. The summed E-state index contributed by atoms with van der Waals surface area (Å²) in [6.07, 6.45) is 8.24. The first kappa shape index (κ1) is 9.35. The number of benzene rings is 1. The molecule has 0 aromatic heterocycles. The van der Waals surface area contributed by atoms with Crippen LogP contribution in [0.4, 0.5) is 0 Å².